The van der Waals surface area contributed by atoms with Crippen LogP contribution in [0.3, 0.4) is 0 Å². The molecule has 1 aromatic heterocycles. The highest BCUT2D eigenvalue weighted by atomic mass is 16.5. The molecule has 0 spiro atoms. The molecule has 1 N–H and O–H groups in total. The Balaban J connectivity index is 1.72. The fourth-order valence-corrected chi connectivity index (χ4v) is 3.28. The summed E-state index contributed by atoms with van der Waals surface area (Å²) >= 11 is 0. The van der Waals surface area contributed by atoms with E-state index in [9.17, 15) is 0 Å². The molecule has 0 radical (unpaired) electrons. The van der Waals surface area contributed by atoms with E-state index in [0.717, 1.165) is 31.9 Å². The van der Waals surface area contributed by atoms with Crippen LogP contribution >= 0.6 is 0 Å². The molecule has 3 rings (SSSR count). The number of likely N-dealkylation sites (tertiary alicyclic amines) is 1. The second-order valence-corrected chi connectivity index (χ2v) is 5.75. The highest BCUT2D eigenvalue weighted by Crippen LogP contribution is 2.35. The number of aromatic nitrogens is 2. The maximum atomic E-state index is 5.49. The minimum absolute atomic E-state index is 0.110. The van der Waals surface area contributed by atoms with Crippen LogP contribution in [0.2, 0.25) is 0 Å². The van der Waals surface area contributed by atoms with Gasteiger partial charge >= 0.3 is 0 Å². The lowest BCUT2D eigenvalue weighted by Crippen LogP contribution is -2.42. The predicted molar refractivity (Wildman–Crippen MR) is 74.3 cm³/mol. The Bertz CT molecular complexity index is 431. The lowest BCUT2D eigenvalue weighted by Gasteiger charge is -2.34. The molecular formula is C14H24N4O2. The van der Waals surface area contributed by atoms with Crippen LogP contribution in [0.25, 0.3) is 0 Å². The second kappa shape index (κ2) is 6.20. The first-order valence-electron chi connectivity index (χ1n) is 7.62. The lowest BCUT2D eigenvalue weighted by atomic mass is 10.0. The number of hydrogen-bond acceptors (Lipinski definition) is 6. The SMILES string of the molecule is COC(C)c1noc(C2CCCN2C2CCNCC2)n1. The number of nitrogens with zero attached hydrogens (tertiary/aromatic N) is 3. The molecule has 0 amide bonds. The molecular weight excluding hydrogens is 256 g/mol. The van der Waals surface area contributed by atoms with Gasteiger partial charge in [-0.25, -0.2) is 0 Å². The van der Waals surface area contributed by atoms with Crippen LogP contribution in [0.1, 0.15) is 56.5 Å². The first-order valence-corrected chi connectivity index (χ1v) is 7.62. The van der Waals surface area contributed by atoms with Gasteiger partial charge in [0.25, 0.3) is 0 Å². The van der Waals surface area contributed by atoms with E-state index in [4.69, 9.17) is 9.26 Å². The van der Waals surface area contributed by atoms with Crippen molar-refractivity contribution in [2.24, 2.45) is 0 Å². The third-order valence-corrected chi connectivity index (χ3v) is 4.53. The van der Waals surface area contributed by atoms with Gasteiger partial charge in [0.05, 0.1) is 6.04 Å². The molecule has 2 fully saturated rings. The van der Waals surface area contributed by atoms with Crippen LogP contribution in [0.15, 0.2) is 4.52 Å². The maximum absolute atomic E-state index is 5.49. The van der Waals surface area contributed by atoms with Crippen LogP contribution < -0.4 is 5.32 Å². The van der Waals surface area contributed by atoms with Gasteiger partial charge in [-0.15, -0.1) is 0 Å². The van der Waals surface area contributed by atoms with Gasteiger partial charge in [-0.05, 0) is 52.2 Å². The molecule has 1 aromatic rings. The summed E-state index contributed by atoms with van der Waals surface area (Å²) in [4.78, 5) is 7.11. The van der Waals surface area contributed by atoms with Crippen LogP contribution in [-0.2, 0) is 4.74 Å². The van der Waals surface area contributed by atoms with Crippen molar-refractivity contribution in [2.75, 3.05) is 26.7 Å². The number of methoxy groups -OCH3 is 1. The summed E-state index contributed by atoms with van der Waals surface area (Å²) in [7, 11) is 1.66. The van der Waals surface area contributed by atoms with E-state index in [-0.39, 0.29) is 6.10 Å². The first kappa shape index (κ1) is 14.0. The predicted octanol–water partition coefficient (Wildman–Crippen LogP) is 1.67. The van der Waals surface area contributed by atoms with Crippen molar-refractivity contribution in [2.45, 2.75) is 50.8 Å². The van der Waals surface area contributed by atoms with Crippen LogP contribution in [0.5, 0.6) is 0 Å². The Morgan fingerprint density at radius 2 is 2.15 bits per heavy atom. The third kappa shape index (κ3) is 2.73. The van der Waals surface area contributed by atoms with Crippen molar-refractivity contribution >= 4 is 0 Å². The van der Waals surface area contributed by atoms with Crippen LogP contribution in [0, 0.1) is 0 Å². The van der Waals surface area contributed by atoms with Crippen molar-refractivity contribution in [3.63, 3.8) is 0 Å². The fraction of sp³-hybridized carbons (Fsp3) is 0.857. The summed E-state index contributed by atoms with van der Waals surface area (Å²) in [6, 6.07) is 0.947. The molecule has 0 aliphatic carbocycles. The van der Waals surface area contributed by atoms with Crippen LogP contribution in [0.4, 0.5) is 0 Å². The van der Waals surface area contributed by atoms with Crippen molar-refractivity contribution in [3.8, 4) is 0 Å². The van der Waals surface area contributed by atoms with E-state index in [2.05, 4.69) is 20.4 Å². The molecule has 112 valence electrons. The minimum atomic E-state index is -0.110. The quantitative estimate of drug-likeness (QED) is 0.905. The van der Waals surface area contributed by atoms with Crippen molar-refractivity contribution < 1.29 is 9.26 Å². The van der Waals surface area contributed by atoms with Gasteiger partial charge in [0.2, 0.25) is 5.89 Å². The Hall–Kier alpha value is -0.980. The van der Waals surface area contributed by atoms with Gasteiger partial charge in [0.15, 0.2) is 5.82 Å². The number of ether oxygens (including phenoxy) is 1. The van der Waals surface area contributed by atoms with E-state index in [1.165, 1.54) is 19.3 Å². The normalized spacial score (nSPS) is 27.0. The molecule has 2 aliphatic rings. The summed E-state index contributed by atoms with van der Waals surface area (Å²) in [5, 5.41) is 7.49. The van der Waals surface area contributed by atoms with Gasteiger partial charge in [0, 0.05) is 13.2 Å². The average Bonchev–Trinajstić information content (AvgIpc) is 3.15. The Kier molecular flexibility index (Phi) is 4.33. The Labute approximate surface area is 119 Å². The summed E-state index contributed by atoms with van der Waals surface area (Å²) < 4.78 is 10.7. The van der Waals surface area contributed by atoms with E-state index < -0.39 is 0 Å². The molecule has 2 saturated heterocycles. The summed E-state index contributed by atoms with van der Waals surface area (Å²) in [5.41, 5.74) is 0. The molecule has 2 atom stereocenters. The highest BCUT2D eigenvalue weighted by Gasteiger charge is 2.35. The third-order valence-electron chi connectivity index (χ3n) is 4.53. The van der Waals surface area contributed by atoms with Gasteiger partial charge in [-0.2, -0.15) is 4.98 Å². The molecule has 0 saturated carbocycles. The number of piperidine rings is 1. The first-order chi connectivity index (χ1) is 9.79. The van der Waals surface area contributed by atoms with E-state index >= 15 is 0 Å². The van der Waals surface area contributed by atoms with Gasteiger partial charge in [-0.1, -0.05) is 5.16 Å². The van der Waals surface area contributed by atoms with Crippen molar-refractivity contribution in [3.05, 3.63) is 11.7 Å². The summed E-state index contributed by atoms with van der Waals surface area (Å²) in [5.74, 6) is 1.42. The Morgan fingerprint density at radius 1 is 1.35 bits per heavy atom. The monoisotopic (exact) mass is 280 g/mol. The average molecular weight is 280 g/mol. The zero-order valence-electron chi connectivity index (χ0n) is 12.3. The molecule has 6 nitrogen and oxygen atoms in total. The zero-order valence-corrected chi connectivity index (χ0v) is 12.3. The molecule has 20 heavy (non-hydrogen) atoms. The molecule has 6 heteroatoms. The molecule has 3 heterocycles. The van der Waals surface area contributed by atoms with Gasteiger partial charge in [-0.3, -0.25) is 4.90 Å². The zero-order chi connectivity index (χ0) is 13.9. The largest absolute Gasteiger partial charge is 0.374 e. The minimum Gasteiger partial charge on any atom is -0.374 e. The van der Waals surface area contributed by atoms with Crippen molar-refractivity contribution in [1.29, 1.82) is 0 Å². The lowest BCUT2D eigenvalue weighted by molar-refractivity contribution is 0.109. The van der Waals surface area contributed by atoms with Gasteiger partial charge in [0.1, 0.15) is 6.10 Å². The van der Waals surface area contributed by atoms with Crippen LogP contribution in [-0.4, -0.2) is 47.8 Å². The summed E-state index contributed by atoms with van der Waals surface area (Å²) in [6.07, 6.45) is 4.65. The topological polar surface area (TPSA) is 63.4 Å². The second-order valence-electron chi connectivity index (χ2n) is 5.75. The molecule has 0 aromatic carbocycles. The van der Waals surface area contributed by atoms with Crippen molar-refractivity contribution in [1.82, 2.24) is 20.4 Å². The highest BCUT2D eigenvalue weighted by molar-refractivity contribution is 5.00. The molecule has 2 unspecified atom stereocenters. The number of hydrogen-bond donors (Lipinski definition) is 1. The van der Waals surface area contributed by atoms with E-state index in [1.54, 1.807) is 7.11 Å². The smallest absolute Gasteiger partial charge is 0.244 e. The number of nitrogens with one attached hydrogen (secondary N) is 1. The van der Waals surface area contributed by atoms with E-state index in [1.807, 2.05) is 6.92 Å². The Morgan fingerprint density at radius 3 is 2.90 bits per heavy atom. The summed E-state index contributed by atoms with van der Waals surface area (Å²) in [6.45, 7) is 5.31. The fourth-order valence-electron chi connectivity index (χ4n) is 3.28. The molecule has 0 bridgehead atoms. The molecule has 2 aliphatic heterocycles. The standard InChI is InChI=1S/C14H24N4O2/c1-10(19-2)13-16-14(20-17-13)12-4-3-9-18(12)11-5-7-15-8-6-11/h10-12,15H,3-9H2,1-2H3. The number of rotatable bonds is 4. The van der Waals surface area contributed by atoms with E-state index in [0.29, 0.717) is 17.9 Å². The van der Waals surface area contributed by atoms with Gasteiger partial charge < -0.3 is 14.6 Å². The maximum Gasteiger partial charge on any atom is 0.244 e.